The normalized spacial score (nSPS) is 34.6. The molecule has 8 atom stereocenters. The molecule has 1 aromatic heterocycles. The maximum absolute atomic E-state index is 12.7. The first kappa shape index (κ1) is 31.3. The van der Waals surface area contributed by atoms with E-state index in [0.29, 0.717) is 18.4 Å². The summed E-state index contributed by atoms with van der Waals surface area (Å²) in [6.07, 6.45) is 20.8. The number of hydrogen-bond donors (Lipinski definition) is 2. The van der Waals surface area contributed by atoms with Gasteiger partial charge in [0.25, 0.3) is 0 Å². The zero-order valence-corrected chi connectivity index (χ0v) is 27.1. The van der Waals surface area contributed by atoms with Crippen molar-refractivity contribution in [1.82, 2.24) is 15.3 Å². The quantitative estimate of drug-likeness (QED) is 0.195. The van der Waals surface area contributed by atoms with Crippen molar-refractivity contribution in [3.8, 4) is 0 Å². The van der Waals surface area contributed by atoms with Crippen LogP contribution in [0.4, 0.5) is 0 Å². The van der Waals surface area contributed by atoms with Crippen molar-refractivity contribution in [1.29, 1.82) is 0 Å². The summed E-state index contributed by atoms with van der Waals surface area (Å²) in [5.41, 5.74) is 3.30. The molecule has 3 saturated carbocycles. The molecule has 1 aromatic rings. The van der Waals surface area contributed by atoms with Crippen LogP contribution in [-0.2, 0) is 20.7 Å². The first-order chi connectivity index (χ1) is 20.1. The van der Waals surface area contributed by atoms with Crippen LogP contribution in [0, 0.1) is 46.3 Å². The van der Waals surface area contributed by atoms with Crippen molar-refractivity contribution < 1.29 is 14.3 Å². The molecule has 7 unspecified atom stereocenters. The highest BCUT2D eigenvalue weighted by Gasteiger charge is 2.59. The number of aromatic nitrogens is 2. The zero-order valence-electron chi connectivity index (χ0n) is 27.1. The number of carbonyl (C=O) groups is 2. The number of hydrogen-bond acceptors (Lipinski definition) is 4. The number of fused-ring (bicyclic) bond motifs is 5. The lowest BCUT2D eigenvalue weighted by molar-refractivity contribution is -0.152. The highest BCUT2D eigenvalue weighted by atomic mass is 16.5. The van der Waals surface area contributed by atoms with E-state index in [9.17, 15) is 9.59 Å². The molecule has 1 amide bonds. The summed E-state index contributed by atoms with van der Waals surface area (Å²) in [4.78, 5) is 31.9. The molecule has 0 radical (unpaired) electrons. The van der Waals surface area contributed by atoms with Gasteiger partial charge in [0.15, 0.2) is 0 Å². The fraction of sp³-hybridized carbons (Fsp3) is 0.806. The van der Waals surface area contributed by atoms with Crippen molar-refractivity contribution in [2.75, 3.05) is 6.54 Å². The lowest BCUT2D eigenvalue weighted by Crippen LogP contribution is -2.51. The van der Waals surface area contributed by atoms with E-state index < -0.39 is 0 Å². The highest BCUT2D eigenvalue weighted by molar-refractivity contribution is 5.81. The topological polar surface area (TPSA) is 84.1 Å². The van der Waals surface area contributed by atoms with Crippen molar-refractivity contribution in [3.63, 3.8) is 0 Å². The number of esters is 1. The van der Waals surface area contributed by atoms with Crippen LogP contribution >= 0.6 is 0 Å². The second-order valence-electron chi connectivity index (χ2n) is 15.3. The minimum Gasteiger partial charge on any atom is -0.462 e. The Hall–Kier alpha value is -2.11. The van der Waals surface area contributed by atoms with Gasteiger partial charge in [-0.25, -0.2) is 4.98 Å². The molecule has 2 N–H and O–H groups in total. The van der Waals surface area contributed by atoms with E-state index in [1.54, 1.807) is 18.1 Å². The van der Waals surface area contributed by atoms with Gasteiger partial charge in [0.05, 0.1) is 12.7 Å². The van der Waals surface area contributed by atoms with E-state index in [1.165, 1.54) is 51.4 Å². The van der Waals surface area contributed by atoms with Crippen LogP contribution in [0.25, 0.3) is 0 Å². The number of H-pyrrole nitrogens is 1. The van der Waals surface area contributed by atoms with Crippen LogP contribution in [0.3, 0.4) is 0 Å². The molecule has 5 rings (SSSR count). The first-order valence-corrected chi connectivity index (χ1v) is 17.2. The number of ether oxygens (including phenoxy) is 1. The standard InChI is InChI=1S/C36H57N3O3/c1-24(2)7-6-8-25(3)30-11-12-31-29-10-9-26-21-28(15-18-35(26,4)32(29)16-19-36(30,31)5)42-34(41)14-13-33(40)38-20-17-27-22-37-23-39-27/h9,22-25,28-32H,6-8,10-21H2,1-5H3,(H,37,39)(H,38,40)/t25?,28?,29?,30?,31?,32?,35-,36?/m0/s1. The third-order valence-corrected chi connectivity index (χ3v) is 12.4. The Morgan fingerprint density at radius 1 is 1.07 bits per heavy atom. The van der Waals surface area contributed by atoms with E-state index in [2.05, 4.69) is 56.0 Å². The summed E-state index contributed by atoms with van der Waals surface area (Å²) < 4.78 is 5.93. The Morgan fingerprint density at radius 2 is 1.90 bits per heavy atom. The lowest BCUT2D eigenvalue weighted by atomic mass is 9.47. The number of carbonyl (C=O) groups excluding carboxylic acids is 2. The number of aromatic amines is 1. The number of imidazole rings is 1. The number of allylic oxidation sites excluding steroid dienone is 1. The average Bonchev–Trinajstić information content (AvgIpc) is 3.59. The SMILES string of the molecule is CC(C)CCCC(C)C1CCC2C3CC=C4CC(OC(=O)CCC(=O)NCCc5cnc[nH]5)CC[C@]4(C)C3CCC12C. The second-order valence-corrected chi connectivity index (χ2v) is 15.3. The van der Waals surface area contributed by atoms with Gasteiger partial charge < -0.3 is 15.0 Å². The van der Waals surface area contributed by atoms with Crippen LogP contribution < -0.4 is 5.32 Å². The third kappa shape index (κ3) is 6.68. The van der Waals surface area contributed by atoms with Crippen molar-refractivity contribution in [2.24, 2.45) is 46.3 Å². The molecular weight excluding hydrogens is 522 g/mol. The van der Waals surface area contributed by atoms with Gasteiger partial charge in [0, 0.05) is 37.7 Å². The third-order valence-electron chi connectivity index (χ3n) is 12.4. The van der Waals surface area contributed by atoms with E-state index >= 15 is 0 Å². The lowest BCUT2D eigenvalue weighted by Gasteiger charge is -2.58. The number of rotatable bonds is 12. The largest absolute Gasteiger partial charge is 0.462 e. The predicted octanol–water partition coefficient (Wildman–Crippen LogP) is 7.80. The molecule has 42 heavy (non-hydrogen) atoms. The van der Waals surface area contributed by atoms with E-state index in [-0.39, 0.29) is 36.2 Å². The van der Waals surface area contributed by atoms with Gasteiger partial charge in [-0.05, 0) is 91.3 Å². The van der Waals surface area contributed by atoms with Crippen LogP contribution in [0.5, 0.6) is 0 Å². The van der Waals surface area contributed by atoms with Gasteiger partial charge in [-0.2, -0.15) is 0 Å². The summed E-state index contributed by atoms with van der Waals surface area (Å²) >= 11 is 0. The molecule has 4 aliphatic rings. The molecular formula is C36H57N3O3. The van der Waals surface area contributed by atoms with E-state index in [1.807, 2.05) is 0 Å². The van der Waals surface area contributed by atoms with Crippen molar-refractivity contribution in [2.45, 2.75) is 131 Å². The maximum Gasteiger partial charge on any atom is 0.306 e. The van der Waals surface area contributed by atoms with Gasteiger partial charge >= 0.3 is 5.97 Å². The maximum atomic E-state index is 12.7. The Morgan fingerprint density at radius 3 is 2.67 bits per heavy atom. The van der Waals surface area contributed by atoms with E-state index in [0.717, 1.165) is 60.5 Å². The van der Waals surface area contributed by atoms with Crippen molar-refractivity contribution >= 4 is 11.9 Å². The summed E-state index contributed by atoms with van der Waals surface area (Å²) in [5.74, 6) is 4.66. The van der Waals surface area contributed by atoms with Crippen LogP contribution in [0.15, 0.2) is 24.2 Å². The Bertz CT molecular complexity index is 1100. The van der Waals surface area contributed by atoms with Gasteiger partial charge in [0.1, 0.15) is 6.10 Å². The van der Waals surface area contributed by atoms with Crippen LogP contribution in [0.1, 0.15) is 124 Å². The summed E-state index contributed by atoms with van der Waals surface area (Å²) in [6.45, 7) is 13.0. The van der Waals surface area contributed by atoms with Crippen molar-refractivity contribution in [3.05, 3.63) is 29.9 Å². The average molecular weight is 580 g/mol. The summed E-state index contributed by atoms with van der Waals surface area (Å²) in [7, 11) is 0. The van der Waals surface area contributed by atoms with Crippen LogP contribution in [-0.4, -0.2) is 34.5 Å². The predicted molar refractivity (Wildman–Crippen MR) is 167 cm³/mol. The molecule has 3 fully saturated rings. The Labute approximate surface area is 254 Å². The second kappa shape index (κ2) is 13.3. The van der Waals surface area contributed by atoms with Gasteiger partial charge in [-0.3, -0.25) is 9.59 Å². The molecule has 0 aromatic carbocycles. The minimum absolute atomic E-state index is 0.0479. The summed E-state index contributed by atoms with van der Waals surface area (Å²) in [5, 5.41) is 2.88. The molecule has 0 bridgehead atoms. The Kier molecular flexibility index (Phi) is 9.89. The van der Waals surface area contributed by atoms with E-state index in [4.69, 9.17) is 4.74 Å². The molecule has 1 heterocycles. The monoisotopic (exact) mass is 579 g/mol. The molecule has 6 heteroatoms. The molecule has 4 aliphatic carbocycles. The fourth-order valence-corrected chi connectivity index (χ4v) is 10.1. The van der Waals surface area contributed by atoms with Gasteiger partial charge in [0.2, 0.25) is 5.91 Å². The smallest absolute Gasteiger partial charge is 0.306 e. The van der Waals surface area contributed by atoms with Crippen LogP contribution in [0.2, 0.25) is 0 Å². The van der Waals surface area contributed by atoms with Gasteiger partial charge in [-0.15, -0.1) is 0 Å². The van der Waals surface area contributed by atoms with Gasteiger partial charge in [-0.1, -0.05) is 65.5 Å². The Balaban J connectivity index is 1.11. The number of nitrogens with one attached hydrogen (secondary N) is 2. The number of nitrogens with zero attached hydrogens (tertiary/aromatic N) is 1. The first-order valence-electron chi connectivity index (χ1n) is 17.2. The molecule has 0 aliphatic heterocycles. The molecule has 0 spiro atoms. The molecule has 0 saturated heterocycles. The molecule has 234 valence electrons. The highest BCUT2D eigenvalue weighted by Crippen LogP contribution is 2.67. The summed E-state index contributed by atoms with van der Waals surface area (Å²) in [6, 6.07) is 0. The molecule has 6 nitrogen and oxygen atoms in total. The zero-order chi connectivity index (χ0) is 29.9. The minimum atomic E-state index is -0.241. The fourth-order valence-electron chi connectivity index (χ4n) is 10.1. The number of amides is 1.